The summed E-state index contributed by atoms with van der Waals surface area (Å²) < 4.78 is 5.08. The monoisotopic (exact) mass is 192 g/mol. The van der Waals surface area contributed by atoms with E-state index >= 15 is 0 Å². The summed E-state index contributed by atoms with van der Waals surface area (Å²) in [6.07, 6.45) is 2.90. The van der Waals surface area contributed by atoms with Crippen molar-refractivity contribution in [1.82, 2.24) is 0 Å². The lowest BCUT2D eigenvalue weighted by molar-refractivity contribution is 0.168. The molecule has 0 heterocycles. The fourth-order valence-corrected chi connectivity index (χ4v) is 1.29. The highest BCUT2D eigenvalue weighted by Gasteiger charge is 2.06. The maximum atomic E-state index is 9.77. The zero-order valence-corrected chi connectivity index (χ0v) is 8.44. The summed E-state index contributed by atoms with van der Waals surface area (Å²) in [6.45, 7) is 3.62. The SMILES string of the molecule is C=CCCC(O)c1cccc(OC)c1. The van der Waals surface area contributed by atoms with E-state index in [1.165, 1.54) is 0 Å². The number of rotatable bonds is 5. The van der Waals surface area contributed by atoms with Gasteiger partial charge in [0.2, 0.25) is 0 Å². The number of allylic oxidation sites excluding steroid dienone is 1. The van der Waals surface area contributed by atoms with Crippen molar-refractivity contribution in [1.29, 1.82) is 0 Å². The van der Waals surface area contributed by atoms with Crippen LogP contribution in [0.1, 0.15) is 24.5 Å². The molecule has 0 saturated heterocycles. The molecule has 0 bridgehead atoms. The van der Waals surface area contributed by atoms with Crippen molar-refractivity contribution in [2.75, 3.05) is 7.11 Å². The first-order chi connectivity index (χ1) is 6.77. The molecular weight excluding hydrogens is 176 g/mol. The molecule has 76 valence electrons. The lowest BCUT2D eigenvalue weighted by Crippen LogP contribution is -1.97. The van der Waals surface area contributed by atoms with Crippen molar-refractivity contribution in [3.8, 4) is 5.75 Å². The van der Waals surface area contributed by atoms with Crippen molar-refractivity contribution in [2.45, 2.75) is 18.9 Å². The highest BCUT2D eigenvalue weighted by Crippen LogP contribution is 2.22. The second-order valence-electron chi connectivity index (χ2n) is 3.16. The minimum absolute atomic E-state index is 0.428. The zero-order chi connectivity index (χ0) is 10.4. The maximum Gasteiger partial charge on any atom is 0.119 e. The van der Waals surface area contributed by atoms with Gasteiger partial charge in [0.1, 0.15) is 5.75 Å². The van der Waals surface area contributed by atoms with E-state index < -0.39 is 6.10 Å². The van der Waals surface area contributed by atoms with Gasteiger partial charge in [-0.15, -0.1) is 6.58 Å². The van der Waals surface area contributed by atoms with Gasteiger partial charge < -0.3 is 9.84 Å². The van der Waals surface area contributed by atoms with Crippen molar-refractivity contribution < 1.29 is 9.84 Å². The summed E-state index contributed by atoms with van der Waals surface area (Å²) >= 11 is 0. The third-order valence-electron chi connectivity index (χ3n) is 2.12. The van der Waals surface area contributed by atoms with Gasteiger partial charge in [0.15, 0.2) is 0 Å². The van der Waals surface area contributed by atoms with Crippen molar-refractivity contribution >= 4 is 0 Å². The number of benzene rings is 1. The molecule has 0 aliphatic heterocycles. The summed E-state index contributed by atoms with van der Waals surface area (Å²) in [4.78, 5) is 0. The van der Waals surface area contributed by atoms with Gasteiger partial charge in [-0.3, -0.25) is 0 Å². The van der Waals surface area contributed by atoms with Crippen LogP contribution in [0.4, 0.5) is 0 Å². The molecule has 1 atom stereocenters. The van der Waals surface area contributed by atoms with Gasteiger partial charge in [0, 0.05) is 0 Å². The summed E-state index contributed by atoms with van der Waals surface area (Å²) in [7, 11) is 1.62. The molecule has 0 fully saturated rings. The van der Waals surface area contributed by atoms with Gasteiger partial charge in [-0.05, 0) is 30.5 Å². The van der Waals surface area contributed by atoms with Crippen LogP contribution in [-0.4, -0.2) is 12.2 Å². The molecule has 0 spiro atoms. The molecule has 0 radical (unpaired) electrons. The molecule has 0 saturated carbocycles. The number of hydrogen-bond acceptors (Lipinski definition) is 2. The van der Waals surface area contributed by atoms with E-state index in [9.17, 15) is 5.11 Å². The van der Waals surface area contributed by atoms with Crippen LogP contribution in [0, 0.1) is 0 Å². The summed E-state index contributed by atoms with van der Waals surface area (Å²) in [5, 5.41) is 9.77. The van der Waals surface area contributed by atoms with Crippen LogP contribution in [0.15, 0.2) is 36.9 Å². The molecule has 0 aromatic heterocycles. The first-order valence-electron chi connectivity index (χ1n) is 4.71. The number of aliphatic hydroxyl groups excluding tert-OH is 1. The average Bonchev–Trinajstić information content (AvgIpc) is 2.26. The Morgan fingerprint density at radius 1 is 1.57 bits per heavy atom. The van der Waals surface area contributed by atoms with Gasteiger partial charge in [-0.25, -0.2) is 0 Å². The Morgan fingerprint density at radius 2 is 2.36 bits per heavy atom. The highest BCUT2D eigenvalue weighted by atomic mass is 16.5. The van der Waals surface area contributed by atoms with E-state index in [4.69, 9.17) is 4.74 Å². The van der Waals surface area contributed by atoms with E-state index in [1.54, 1.807) is 7.11 Å². The van der Waals surface area contributed by atoms with Crippen molar-refractivity contribution in [3.05, 3.63) is 42.5 Å². The normalized spacial score (nSPS) is 12.1. The van der Waals surface area contributed by atoms with E-state index in [2.05, 4.69) is 6.58 Å². The number of methoxy groups -OCH3 is 1. The summed E-state index contributed by atoms with van der Waals surface area (Å²) in [5.74, 6) is 0.778. The minimum Gasteiger partial charge on any atom is -0.497 e. The van der Waals surface area contributed by atoms with Gasteiger partial charge >= 0.3 is 0 Å². The van der Waals surface area contributed by atoms with Crippen LogP contribution in [0.5, 0.6) is 5.75 Å². The van der Waals surface area contributed by atoms with Gasteiger partial charge in [0.05, 0.1) is 13.2 Å². The topological polar surface area (TPSA) is 29.5 Å². The van der Waals surface area contributed by atoms with E-state index in [0.29, 0.717) is 6.42 Å². The molecule has 1 aromatic carbocycles. The Morgan fingerprint density at radius 3 is 3.00 bits per heavy atom. The molecule has 1 rings (SSSR count). The van der Waals surface area contributed by atoms with Crippen molar-refractivity contribution in [3.63, 3.8) is 0 Å². The quantitative estimate of drug-likeness (QED) is 0.727. The Balaban J connectivity index is 2.68. The second-order valence-corrected chi connectivity index (χ2v) is 3.16. The van der Waals surface area contributed by atoms with Crippen LogP contribution in [0.25, 0.3) is 0 Å². The van der Waals surface area contributed by atoms with E-state index in [-0.39, 0.29) is 0 Å². The summed E-state index contributed by atoms with van der Waals surface area (Å²) in [6, 6.07) is 7.50. The van der Waals surface area contributed by atoms with E-state index in [0.717, 1.165) is 17.7 Å². The molecule has 1 unspecified atom stereocenters. The largest absolute Gasteiger partial charge is 0.497 e. The second kappa shape index (κ2) is 5.45. The van der Waals surface area contributed by atoms with Crippen LogP contribution >= 0.6 is 0 Å². The summed E-state index contributed by atoms with van der Waals surface area (Å²) in [5.41, 5.74) is 0.895. The number of ether oxygens (including phenoxy) is 1. The Labute approximate surface area is 84.8 Å². The molecule has 0 aliphatic rings. The van der Waals surface area contributed by atoms with Crippen molar-refractivity contribution in [2.24, 2.45) is 0 Å². The first-order valence-corrected chi connectivity index (χ1v) is 4.71. The predicted octanol–water partition coefficient (Wildman–Crippen LogP) is 2.69. The maximum absolute atomic E-state index is 9.77. The molecule has 1 aromatic rings. The zero-order valence-electron chi connectivity index (χ0n) is 8.44. The lowest BCUT2D eigenvalue weighted by atomic mass is 10.0. The third-order valence-corrected chi connectivity index (χ3v) is 2.12. The average molecular weight is 192 g/mol. The highest BCUT2D eigenvalue weighted by molar-refractivity contribution is 5.29. The molecule has 0 amide bonds. The Kier molecular flexibility index (Phi) is 4.20. The Hall–Kier alpha value is -1.28. The van der Waals surface area contributed by atoms with Crippen LogP contribution in [0.2, 0.25) is 0 Å². The molecular formula is C12H16O2. The van der Waals surface area contributed by atoms with Gasteiger partial charge in [-0.1, -0.05) is 18.2 Å². The predicted molar refractivity (Wildman–Crippen MR) is 57.4 cm³/mol. The molecule has 0 aliphatic carbocycles. The molecule has 2 nitrogen and oxygen atoms in total. The number of aliphatic hydroxyl groups is 1. The first kappa shape index (κ1) is 10.8. The standard InChI is InChI=1S/C12H16O2/c1-3-4-8-12(13)10-6-5-7-11(9-10)14-2/h3,5-7,9,12-13H,1,4,8H2,2H3. The lowest BCUT2D eigenvalue weighted by Gasteiger charge is -2.10. The molecule has 2 heteroatoms. The van der Waals surface area contributed by atoms with Crippen LogP contribution < -0.4 is 4.74 Å². The fourth-order valence-electron chi connectivity index (χ4n) is 1.29. The minimum atomic E-state index is -0.428. The fraction of sp³-hybridized carbons (Fsp3) is 0.333. The number of hydrogen-bond donors (Lipinski definition) is 1. The molecule has 14 heavy (non-hydrogen) atoms. The Bertz CT molecular complexity index is 294. The van der Waals surface area contributed by atoms with E-state index in [1.807, 2.05) is 30.3 Å². The van der Waals surface area contributed by atoms with Gasteiger partial charge in [0.25, 0.3) is 0 Å². The molecule has 1 N–H and O–H groups in total. The van der Waals surface area contributed by atoms with Crippen LogP contribution in [-0.2, 0) is 0 Å². The van der Waals surface area contributed by atoms with Crippen LogP contribution in [0.3, 0.4) is 0 Å². The van der Waals surface area contributed by atoms with Gasteiger partial charge in [-0.2, -0.15) is 0 Å². The smallest absolute Gasteiger partial charge is 0.119 e. The third kappa shape index (κ3) is 2.89.